The highest BCUT2D eigenvalue weighted by atomic mass is 35.5. The summed E-state index contributed by atoms with van der Waals surface area (Å²) < 4.78 is 1.86. The molecule has 1 aliphatic heterocycles. The van der Waals surface area contributed by atoms with Gasteiger partial charge >= 0.3 is 0 Å². The summed E-state index contributed by atoms with van der Waals surface area (Å²) in [6, 6.07) is 5.77. The summed E-state index contributed by atoms with van der Waals surface area (Å²) in [7, 11) is 3.62. The quantitative estimate of drug-likeness (QED) is 0.944. The number of amides is 1. The Hall–Kier alpha value is -1.59. The van der Waals surface area contributed by atoms with Crippen LogP contribution in [0.15, 0.2) is 18.2 Å². The maximum Gasteiger partial charge on any atom is 0.237 e. The first-order valence-corrected chi connectivity index (χ1v) is 8.05. The number of aromatic nitrogens is 2. The molecular formula is C16H21ClN4O. The number of piperidine rings is 1. The van der Waals surface area contributed by atoms with Crippen molar-refractivity contribution in [3.8, 4) is 0 Å². The van der Waals surface area contributed by atoms with E-state index in [1.807, 2.05) is 29.9 Å². The third kappa shape index (κ3) is 2.71. The molecule has 2 heterocycles. The van der Waals surface area contributed by atoms with Gasteiger partial charge in [0.15, 0.2) is 0 Å². The fourth-order valence-corrected chi connectivity index (χ4v) is 3.58. The first kappa shape index (κ1) is 15.3. The van der Waals surface area contributed by atoms with Gasteiger partial charge in [-0.05, 0) is 31.5 Å². The molecular weight excluding hydrogens is 300 g/mol. The normalized spacial score (nSPS) is 19.5. The molecule has 0 aliphatic carbocycles. The monoisotopic (exact) mass is 320 g/mol. The zero-order valence-electron chi connectivity index (χ0n) is 13.0. The summed E-state index contributed by atoms with van der Waals surface area (Å²) >= 11 is 6.37. The SMILES string of the molecule is CNC(=O)C1CCCCN1Cc1nn(C)c2cccc(Cl)c12. The standard InChI is InChI=1S/C16H21ClN4O/c1-18-16(22)14-7-3-4-9-21(14)10-12-15-11(17)6-5-8-13(15)20(2)19-12/h5-6,8,14H,3-4,7,9-10H2,1-2H3,(H,18,22). The maximum atomic E-state index is 12.1. The topological polar surface area (TPSA) is 50.2 Å². The van der Waals surface area contributed by atoms with Gasteiger partial charge in [-0.25, -0.2) is 0 Å². The summed E-state index contributed by atoms with van der Waals surface area (Å²) in [5, 5.41) is 9.11. The van der Waals surface area contributed by atoms with Crippen molar-refractivity contribution in [3.05, 3.63) is 28.9 Å². The van der Waals surface area contributed by atoms with E-state index >= 15 is 0 Å². The fraction of sp³-hybridized carbons (Fsp3) is 0.500. The van der Waals surface area contributed by atoms with Crippen LogP contribution in [0.25, 0.3) is 10.9 Å². The molecule has 1 N–H and O–H groups in total. The van der Waals surface area contributed by atoms with Crippen LogP contribution in [-0.2, 0) is 18.4 Å². The van der Waals surface area contributed by atoms with Gasteiger partial charge in [0.2, 0.25) is 5.91 Å². The average Bonchev–Trinajstić information content (AvgIpc) is 2.85. The molecule has 1 aromatic carbocycles. The molecule has 1 aliphatic rings. The van der Waals surface area contributed by atoms with E-state index in [9.17, 15) is 4.79 Å². The van der Waals surface area contributed by atoms with Gasteiger partial charge in [-0.15, -0.1) is 0 Å². The number of hydrogen-bond acceptors (Lipinski definition) is 3. The summed E-state index contributed by atoms with van der Waals surface area (Å²) in [6.45, 7) is 1.57. The van der Waals surface area contributed by atoms with Crippen LogP contribution in [0.1, 0.15) is 25.0 Å². The highest BCUT2D eigenvalue weighted by molar-refractivity contribution is 6.35. The lowest BCUT2D eigenvalue weighted by molar-refractivity contribution is -0.127. The van der Waals surface area contributed by atoms with Gasteiger partial charge in [0, 0.05) is 26.0 Å². The van der Waals surface area contributed by atoms with Gasteiger partial charge in [-0.1, -0.05) is 24.1 Å². The number of carbonyl (C=O) groups is 1. The Morgan fingerprint density at radius 1 is 1.45 bits per heavy atom. The first-order chi connectivity index (χ1) is 10.6. The highest BCUT2D eigenvalue weighted by Gasteiger charge is 2.29. The van der Waals surface area contributed by atoms with Gasteiger partial charge in [0.05, 0.1) is 22.3 Å². The Kier molecular flexibility index (Phi) is 4.36. The second-order valence-corrected chi connectivity index (χ2v) is 6.21. The Morgan fingerprint density at radius 3 is 3.05 bits per heavy atom. The van der Waals surface area contributed by atoms with Crippen molar-refractivity contribution in [2.24, 2.45) is 7.05 Å². The molecule has 1 aromatic heterocycles. The minimum Gasteiger partial charge on any atom is -0.358 e. The Bertz CT molecular complexity index is 697. The van der Waals surface area contributed by atoms with Crippen molar-refractivity contribution in [2.45, 2.75) is 31.8 Å². The molecule has 0 bridgehead atoms. The van der Waals surface area contributed by atoms with Crippen LogP contribution in [0.3, 0.4) is 0 Å². The molecule has 5 nitrogen and oxygen atoms in total. The molecule has 2 aromatic rings. The van der Waals surface area contributed by atoms with E-state index < -0.39 is 0 Å². The Morgan fingerprint density at radius 2 is 2.27 bits per heavy atom. The van der Waals surface area contributed by atoms with Crippen molar-refractivity contribution < 1.29 is 4.79 Å². The van der Waals surface area contributed by atoms with Crippen LogP contribution >= 0.6 is 11.6 Å². The zero-order chi connectivity index (χ0) is 15.7. The number of likely N-dealkylation sites (N-methyl/N-ethyl adjacent to an activating group) is 1. The number of aryl methyl sites for hydroxylation is 1. The molecule has 1 saturated heterocycles. The van der Waals surface area contributed by atoms with Crippen LogP contribution in [0.5, 0.6) is 0 Å². The van der Waals surface area contributed by atoms with E-state index in [4.69, 9.17) is 11.6 Å². The van der Waals surface area contributed by atoms with Crippen LogP contribution < -0.4 is 5.32 Å². The van der Waals surface area contributed by atoms with E-state index in [0.717, 1.165) is 42.4 Å². The molecule has 22 heavy (non-hydrogen) atoms. The molecule has 1 fully saturated rings. The lowest BCUT2D eigenvalue weighted by atomic mass is 10.0. The number of nitrogens with one attached hydrogen (secondary N) is 1. The number of nitrogens with zero attached hydrogens (tertiary/aromatic N) is 3. The van der Waals surface area contributed by atoms with E-state index in [2.05, 4.69) is 15.3 Å². The third-order valence-corrected chi connectivity index (χ3v) is 4.73. The number of rotatable bonds is 3. The van der Waals surface area contributed by atoms with Gasteiger partial charge in [-0.2, -0.15) is 5.10 Å². The molecule has 6 heteroatoms. The van der Waals surface area contributed by atoms with Crippen molar-refractivity contribution in [1.29, 1.82) is 0 Å². The average molecular weight is 321 g/mol. The molecule has 1 atom stereocenters. The van der Waals surface area contributed by atoms with Gasteiger partial charge < -0.3 is 5.32 Å². The van der Waals surface area contributed by atoms with E-state index in [1.54, 1.807) is 7.05 Å². The summed E-state index contributed by atoms with van der Waals surface area (Å²) in [5.41, 5.74) is 1.97. The predicted molar refractivity (Wildman–Crippen MR) is 87.8 cm³/mol. The number of fused-ring (bicyclic) bond motifs is 1. The van der Waals surface area contributed by atoms with Gasteiger partial charge in [0.1, 0.15) is 0 Å². The molecule has 118 valence electrons. The predicted octanol–water partition coefficient (Wildman–Crippen LogP) is 2.33. The molecule has 0 saturated carbocycles. The maximum absolute atomic E-state index is 12.1. The summed E-state index contributed by atoms with van der Waals surface area (Å²) in [4.78, 5) is 14.3. The minimum atomic E-state index is -0.0710. The zero-order valence-corrected chi connectivity index (χ0v) is 13.7. The molecule has 1 unspecified atom stereocenters. The van der Waals surface area contributed by atoms with Gasteiger partial charge in [0.25, 0.3) is 0 Å². The lowest BCUT2D eigenvalue weighted by Crippen LogP contribution is -2.48. The van der Waals surface area contributed by atoms with Crippen molar-refractivity contribution in [1.82, 2.24) is 20.0 Å². The molecule has 0 radical (unpaired) electrons. The first-order valence-electron chi connectivity index (χ1n) is 7.67. The number of likely N-dealkylation sites (tertiary alicyclic amines) is 1. The van der Waals surface area contributed by atoms with Crippen LogP contribution in [0.4, 0.5) is 0 Å². The second kappa shape index (κ2) is 6.26. The van der Waals surface area contributed by atoms with Crippen LogP contribution in [0, 0.1) is 0 Å². The van der Waals surface area contributed by atoms with Crippen LogP contribution in [0.2, 0.25) is 5.02 Å². The third-order valence-electron chi connectivity index (χ3n) is 4.42. The van der Waals surface area contributed by atoms with E-state index in [1.165, 1.54) is 0 Å². The van der Waals surface area contributed by atoms with Crippen LogP contribution in [-0.4, -0.2) is 40.2 Å². The Balaban J connectivity index is 1.93. The Labute approximate surface area is 135 Å². The molecule has 1 amide bonds. The van der Waals surface area contributed by atoms with Crippen molar-refractivity contribution in [2.75, 3.05) is 13.6 Å². The summed E-state index contributed by atoms with van der Waals surface area (Å²) in [5.74, 6) is 0.0889. The van der Waals surface area contributed by atoms with Crippen molar-refractivity contribution >= 4 is 28.4 Å². The number of halogens is 1. The fourth-order valence-electron chi connectivity index (χ4n) is 3.30. The largest absolute Gasteiger partial charge is 0.358 e. The lowest BCUT2D eigenvalue weighted by Gasteiger charge is -2.33. The molecule has 3 rings (SSSR count). The number of carbonyl (C=O) groups excluding carboxylic acids is 1. The van der Waals surface area contributed by atoms with E-state index in [-0.39, 0.29) is 11.9 Å². The minimum absolute atomic E-state index is 0.0710. The smallest absolute Gasteiger partial charge is 0.237 e. The number of hydrogen-bond donors (Lipinski definition) is 1. The second-order valence-electron chi connectivity index (χ2n) is 5.80. The summed E-state index contributed by atoms with van der Waals surface area (Å²) in [6.07, 6.45) is 3.11. The van der Waals surface area contributed by atoms with Crippen molar-refractivity contribution in [3.63, 3.8) is 0 Å². The number of benzene rings is 1. The van der Waals surface area contributed by atoms with E-state index in [0.29, 0.717) is 11.6 Å². The van der Waals surface area contributed by atoms with Gasteiger partial charge in [-0.3, -0.25) is 14.4 Å². The highest BCUT2D eigenvalue weighted by Crippen LogP contribution is 2.28. The molecule has 0 spiro atoms.